The zero-order valence-corrected chi connectivity index (χ0v) is 27.7. The van der Waals surface area contributed by atoms with Gasteiger partial charge in [0.1, 0.15) is 24.1 Å². The standard InChI is InChI=1S/C33H38N6O8S/c1-4-5-16-37-17-18-38(27(43)26(37)42)31(46)35-23(22-14-10-7-11-15-22)25(41)36-33(34-20-40)29(45)39-24(32(2,3)48-30(33)39)28(44)47-19-21-12-8-6-9-13-21/h6-15,20,23-24,30H,4-5,16-19H2,1-3H3,(H,34,40)(H,35,46)(H,36,41)/t23?,24-,30+,33+/m0/s1. The van der Waals surface area contributed by atoms with Crippen LogP contribution in [0.5, 0.6) is 0 Å². The Morgan fingerprint density at radius 3 is 2.31 bits per heavy atom. The zero-order chi connectivity index (χ0) is 34.6. The zero-order valence-electron chi connectivity index (χ0n) is 26.8. The largest absolute Gasteiger partial charge is 0.459 e. The number of urea groups is 1. The van der Waals surface area contributed by atoms with Crippen LogP contribution in [-0.2, 0) is 40.1 Å². The van der Waals surface area contributed by atoms with E-state index < -0.39 is 63.5 Å². The molecule has 3 heterocycles. The fraction of sp³-hybridized carbons (Fsp3) is 0.424. The van der Waals surface area contributed by atoms with Crippen molar-refractivity contribution in [1.29, 1.82) is 0 Å². The number of nitrogens with zero attached hydrogens (tertiary/aromatic N) is 3. The summed E-state index contributed by atoms with van der Waals surface area (Å²) in [6, 6.07) is 13.8. The molecule has 2 aromatic carbocycles. The number of hydrogen-bond acceptors (Lipinski definition) is 9. The predicted octanol–water partition coefficient (Wildman–Crippen LogP) is 1.27. The van der Waals surface area contributed by atoms with E-state index in [2.05, 4.69) is 16.0 Å². The Morgan fingerprint density at radius 1 is 1.00 bits per heavy atom. The number of nitrogens with one attached hydrogen (secondary N) is 3. The van der Waals surface area contributed by atoms with Gasteiger partial charge in [-0.1, -0.05) is 74.0 Å². The number of carbonyl (C=O) groups excluding carboxylic acids is 7. The Kier molecular flexibility index (Phi) is 10.1. The average molecular weight is 679 g/mol. The molecule has 2 aromatic rings. The number of ether oxygens (including phenoxy) is 1. The first-order chi connectivity index (χ1) is 22.9. The maximum Gasteiger partial charge on any atom is 0.330 e. The van der Waals surface area contributed by atoms with E-state index in [1.54, 1.807) is 56.3 Å². The first-order valence-electron chi connectivity index (χ1n) is 15.7. The molecule has 3 saturated heterocycles. The number of carbonyl (C=O) groups is 7. The fourth-order valence-electron chi connectivity index (χ4n) is 6.07. The predicted molar refractivity (Wildman–Crippen MR) is 173 cm³/mol. The van der Waals surface area contributed by atoms with Gasteiger partial charge in [0.2, 0.25) is 18.0 Å². The number of fused-ring (bicyclic) bond motifs is 1. The van der Waals surface area contributed by atoms with Gasteiger partial charge in [-0.3, -0.25) is 28.9 Å². The molecule has 0 aliphatic carbocycles. The molecule has 7 amide bonds. The molecule has 0 spiro atoms. The van der Waals surface area contributed by atoms with Gasteiger partial charge in [-0.05, 0) is 31.4 Å². The van der Waals surface area contributed by atoms with Crippen molar-refractivity contribution in [2.45, 2.75) is 68.1 Å². The van der Waals surface area contributed by atoms with E-state index in [-0.39, 0.29) is 26.1 Å². The van der Waals surface area contributed by atoms with Crippen molar-refractivity contribution in [3.63, 3.8) is 0 Å². The molecule has 14 nitrogen and oxygen atoms in total. The van der Waals surface area contributed by atoms with Gasteiger partial charge in [-0.15, -0.1) is 11.8 Å². The van der Waals surface area contributed by atoms with Gasteiger partial charge in [-0.2, -0.15) is 0 Å². The molecule has 3 fully saturated rings. The quantitative estimate of drug-likeness (QED) is 0.0982. The van der Waals surface area contributed by atoms with Gasteiger partial charge in [0.25, 0.3) is 5.91 Å². The average Bonchev–Trinajstić information content (AvgIpc) is 3.35. The Bertz CT molecular complexity index is 1590. The summed E-state index contributed by atoms with van der Waals surface area (Å²) in [6.45, 7) is 5.96. The lowest BCUT2D eigenvalue weighted by Gasteiger charge is -2.52. The van der Waals surface area contributed by atoms with Crippen LogP contribution in [0.2, 0.25) is 0 Å². The summed E-state index contributed by atoms with van der Waals surface area (Å²) in [7, 11) is 0. The normalized spacial score (nSPS) is 23.5. The van der Waals surface area contributed by atoms with Crippen LogP contribution in [0.4, 0.5) is 4.79 Å². The Hall–Kier alpha value is -4.92. The molecule has 0 aromatic heterocycles. The minimum absolute atomic E-state index is 0.00156. The minimum Gasteiger partial charge on any atom is -0.459 e. The highest BCUT2D eigenvalue weighted by molar-refractivity contribution is 8.01. The van der Waals surface area contributed by atoms with E-state index in [0.29, 0.717) is 18.5 Å². The topological polar surface area (TPSA) is 175 Å². The summed E-state index contributed by atoms with van der Waals surface area (Å²) in [5, 5.41) is 6.72. The molecule has 15 heteroatoms. The van der Waals surface area contributed by atoms with Crippen LogP contribution < -0.4 is 16.0 Å². The van der Waals surface area contributed by atoms with Crippen molar-refractivity contribution < 1.29 is 38.3 Å². The molecule has 1 unspecified atom stereocenters. The van der Waals surface area contributed by atoms with Crippen molar-refractivity contribution >= 4 is 53.8 Å². The Balaban J connectivity index is 1.34. The third-order valence-corrected chi connectivity index (χ3v) is 10.2. The van der Waals surface area contributed by atoms with E-state index in [1.807, 2.05) is 25.1 Å². The summed E-state index contributed by atoms with van der Waals surface area (Å²) in [6.07, 6.45) is 1.81. The van der Waals surface area contributed by atoms with Gasteiger partial charge >= 0.3 is 23.8 Å². The first kappa shape index (κ1) is 34.4. The van der Waals surface area contributed by atoms with Gasteiger partial charge in [0.05, 0.1) is 0 Å². The second-order valence-corrected chi connectivity index (χ2v) is 14.0. The highest BCUT2D eigenvalue weighted by Gasteiger charge is 2.73. The lowest BCUT2D eigenvalue weighted by atomic mass is 9.90. The van der Waals surface area contributed by atoms with Crippen molar-refractivity contribution in [1.82, 2.24) is 30.7 Å². The first-order valence-corrected chi connectivity index (χ1v) is 16.5. The lowest BCUT2D eigenvalue weighted by molar-refractivity contribution is -0.174. The van der Waals surface area contributed by atoms with Crippen LogP contribution in [-0.4, -0.2) is 98.2 Å². The SMILES string of the molecule is CCCCN1CCN(C(=O)NC(C(=O)N[C@]2(NC=O)C(=O)N3[C@@H](C(=O)OCc4ccccc4)C(C)(C)S[C@@H]32)c2ccccc2)C(=O)C1=O. The molecule has 0 radical (unpaired) electrons. The third kappa shape index (κ3) is 6.46. The number of imide groups is 1. The van der Waals surface area contributed by atoms with Crippen molar-refractivity contribution in [2.24, 2.45) is 0 Å². The third-order valence-electron chi connectivity index (χ3n) is 8.60. The van der Waals surface area contributed by atoms with E-state index in [0.717, 1.165) is 16.9 Å². The Morgan fingerprint density at radius 2 is 1.67 bits per heavy atom. The van der Waals surface area contributed by atoms with Gasteiger partial charge < -0.3 is 30.5 Å². The number of amides is 7. The van der Waals surface area contributed by atoms with Crippen LogP contribution in [0.15, 0.2) is 60.7 Å². The van der Waals surface area contributed by atoms with E-state index in [9.17, 15) is 33.6 Å². The number of β-lactam (4-membered cyclic amide) rings is 1. The van der Waals surface area contributed by atoms with Crippen molar-refractivity contribution in [3.8, 4) is 0 Å². The van der Waals surface area contributed by atoms with Crippen molar-refractivity contribution in [2.75, 3.05) is 19.6 Å². The van der Waals surface area contributed by atoms with Gasteiger partial charge in [0, 0.05) is 24.4 Å². The van der Waals surface area contributed by atoms with Crippen LogP contribution in [0, 0.1) is 0 Å². The summed E-state index contributed by atoms with van der Waals surface area (Å²) < 4.78 is 4.70. The molecule has 3 aliphatic heterocycles. The van der Waals surface area contributed by atoms with Crippen LogP contribution in [0.3, 0.4) is 0 Å². The summed E-state index contributed by atoms with van der Waals surface area (Å²) in [4.78, 5) is 95.4. The molecule has 4 atom stereocenters. The maximum atomic E-state index is 14.0. The van der Waals surface area contributed by atoms with Gasteiger partial charge in [-0.25, -0.2) is 9.59 Å². The highest BCUT2D eigenvalue weighted by Crippen LogP contribution is 2.54. The van der Waals surface area contributed by atoms with E-state index in [4.69, 9.17) is 4.74 Å². The van der Waals surface area contributed by atoms with Crippen LogP contribution in [0.25, 0.3) is 0 Å². The second-order valence-electron chi connectivity index (χ2n) is 12.2. The van der Waals surface area contributed by atoms with Crippen LogP contribution in [0.1, 0.15) is 50.8 Å². The molecule has 254 valence electrons. The molecular formula is C33H38N6O8S. The fourth-order valence-corrected chi connectivity index (χ4v) is 7.72. The van der Waals surface area contributed by atoms with Gasteiger partial charge in [0.15, 0.2) is 0 Å². The number of piperazine rings is 1. The molecule has 0 bridgehead atoms. The maximum absolute atomic E-state index is 14.0. The number of esters is 1. The number of hydrogen-bond donors (Lipinski definition) is 3. The summed E-state index contributed by atoms with van der Waals surface area (Å²) >= 11 is 1.20. The molecule has 5 rings (SSSR count). The van der Waals surface area contributed by atoms with Crippen molar-refractivity contribution in [3.05, 3.63) is 71.8 Å². The minimum atomic E-state index is -1.95. The molecule has 48 heavy (non-hydrogen) atoms. The highest BCUT2D eigenvalue weighted by atomic mass is 32.2. The molecular weight excluding hydrogens is 640 g/mol. The summed E-state index contributed by atoms with van der Waals surface area (Å²) in [5.41, 5.74) is -0.872. The monoisotopic (exact) mass is 678 g/mol. The van der Waals surface area contributed by atoms with E-state index in [1.165, 1.54) is 21.6 Å². The molecule has 0 saturated carbocycles. The smallest absolute Gasteiger partial charge is 0.330 e. The number of thioether (sulfide) groups is 1. The number of rotatable bonds is 12. The van der Waals surface area contributed by atoms with Crippen LogP contribution >= 0.6 is 11.8 Å². The number of unbranched alkanes of at least 4 members (excludes halogenated alkanes) is 1. The van der Waals surface area contributed by atoms with E-state index >= 15 is 0 Å². The number of benzene rings is 2. The summed E-state index contributed by atoms with van der Waals surface area (Å²) in [5.74, 6) is -4.07. The molecule has 3 N–H and O–H groups in total. The second kappa shape index (κ2) is 14.1. The lowest BCUT2D eigenvalue weighted by Crippen LogP contribution is -2.85. The Labute approximate surface area is 281 Å². The molecule has 3 aliphatic rings.